The lowest BCUT2D eigenvalue weighted by molar-refractivity contribution is 0.104. The molecule has 0 radical (unpaired) electrons. The summed E-state index contributed by atoms with van der Waals surface area (Å²) in [5.74, 6) is 1.68. The molecule has 1 aliphatic rings. The van der Waals surface area contributed by atoms with Crippen LogP contribution in [0.15, 0.2) is 35.4 Å². The predicted octanol–water partition coefficient (Wildman–Crippen LogP) is 3.52. The number of ether oxygens (including phenoxy) is 4. The maximum absolute atomic E-state index is 12.6. The van der Waals surface area contributed by atoms with Crippen LogP contribution in [0.3, 0.4) is 0 Å². The second-order valence-corrected chi connectivity index (χ2v) is 5.90. The summed E-state index contributed by atoms with van der Waals surface area (Å²) < 4.78 is 21.7. The lowest BCUT2D eigenvalue weighted by atomic mass is 10.1. The van der Waals surface area contributed by atoms with Crippen molar-refractivity contribution in [3.63, 3.8) is 0 Å². The van der Waals surface area contributed by atoms with Crippen molar-refractivity contribution in [1.82, 2.24) is 0 Å². The number of Topliss-reactive ketones (excluding diaryl/α,β-unsaturated/α-hetero) is 1. The standard InChI is InChI=1S/C19H18ClNO5/c1-23-15-5-3-11(10-14(15)21)17(22)13(20)9-12-4-6-16-19(18(12)24-2)26-8-7-25-16/h3-6,9-10H,7-8,21H2,1-2H3/b13-9+. The van der Waals surface area contributed by atoms with Gasteiger partial charge in [0.1, 0.15) is 19.0 Å². The van der Waals surface area contributed by atoms with Gasteiger partial charge in [-0.3, -0.25) is 4.79 Å². The van der Waals surface area contributed by atoms with E-state index < -0.39 is 0 Å². The number of ketones is 1. The average Bonchev–Trinajstić information content (AvgIpc) is 2.67. The van der Waals surface area contributed by atoms with Gasteiger partial charge in [-0.2, -0.15) is 0 Å². The fraction of sp³-hybridized carbons (Fsp3) is 0.211. The van der Waals surface area contributed by atoms with Crippen LogP contribution in [0.1, 0.15) is 15.9 Å². The molecular formula is C19H18ClNO5. The SMILES string of the molecule is COc1ccc(C(=O)/C(Cl)=C\c2ccc3c(c2OC)OCCO3)cc1N. The molecule has 0 aliphatic carbocycles. The van der Waals surface area contributed by atoms with E-state index in [0.29, 0.717) is 53.0 Å². The van der Waals surface area contributed by atoms with Crippen molar-refractivity contribution in [3.8, 4) is 23.0 Å². The van der Waals surface area contributed by atoms with E-state index in [1.165, 1.54) is 26.4 Å². The van der Waals surface area contributed by atoms with Gasteiger partial charge in [0.15, 0.2) is 11.5 Å². The smallest absolute Gasteiger partial charge is 0.204 e. The number of hydrogen-bond donors (Lipinski definition) is 1. The van der Waals surface area contributed by atoms with Gasteiger partial charge in [-0.15, -0.1) is 0 Å². The number of allylic oxidation sites excluding steroid dienone is 1. The molecule has 6 nitrogen and oxygen atoms in total. The quantitative estimate of drug-likeness (QED) is 0.489. The second-order valence-electron chi connectivity index (χ2n) is 5.49. The molecule has 2 aromatic carbocycles. The average molecular weight is 376 g/mol. The Morgan fingerprint density at radius 1 is 1.15 bits per heavy atom. The number of hydrogen-bond acceptors (Lipinski definition) is 6. The summed E-state index contributed by atoms with van der Waals surface area (Å²) in [5.41, 5.74) is 7.19. The predicted molar refractivity (Wildman–Crippen MR) is 99.6 cm³/mol. The molecule has 0 fully saturated rings. The maximum atomic E-state index is 12.6. The molecule has 0 aromatic heterocycles. The zero-order valence-corrected chi connectivity index (χ0v) is 15.1. The minimum atomic E-state index is -0.363. The largest absolute Gasteiger partial charge is 0.495 e. The topological polar surface area (TPSA) is 80.0 Å². The van der Waals surface area contributed by atoms with E-state index in [-0.39, 0.29) is 10.8 Å². The summed E-state index contributed by atoms with van der Waals surface area (Å²) in [7, 11) is 3.03. The third-order valence-corrected chi connectivity index (χ3v) is 4.17. The molecule has 1 heterocycles. The molecule has 136 valence electrons. The number of methoxy groups -OCH3 is 2. The maximum Gasteiger partial charge on any atom is 0.204 e. The van der Waals surface area contributed by atoms with Crippen LogP contribution in [0.2, 0.25) is 0 Å². The Morgan fingerprint density at radius 2 is 1.92 bits per heavy atom. The fourth-order valence-electron chi connectivity index (χ4n) is 2.65. The minimum absolute atomic E-state index is 0.0181. The van der Waals surface area contributed by atoms with Crippen molar-refractivity contribution in [2.75, 3.05) is 33.2 Å². The number of nitrogen functional groups attached to an aromatic ring is 1. The number of benzene rings is 2. The van der Waals surface area contributed by atoms with Crippen molar-refractivity contribution in [2.45, 2.75) is 0 Å². The van der Waals surface area contributed by atoms with Gasteiger partial charge in [-0.1, -0.05) is 11.6 Å². The van der Waals surface area contributed by atoms with Gasteiger partial charge in [0.05, 0.1) is 24.9 Å². The van der Waals surface area contributed by atoms with Crippen molar-refractivity contribution < 1.29 is 23.7 Å². The third kappa shape index (κ3) is 3.41. The highest BCUT2D eigenvalue weighted by molar-refractivity contribution is 6.47. The number of nitrogens with two attached hydrogens (primary N) is 1. The molecule has 0 spiro atoms. The molecule has 0 unspecified atom stereocenters. The monoisotopic (exact) mass is 375 g/mol. The summed E-state index contributed by atoms with van der Waals surface area (Å²) in [6.45, 7) is 0.901. The van der Waals surface area contributed by atoms with Crippen LogP contribution < -0.4 is 24.7 Å². The van der Waals surface area contributed by atoms with Crippen LogP contribution in [0.5, 0.6) is 23.0 Å². The number of halogens is 1. The molecular weight excluding hydrogens is 358 g/mol. The van der Waals surface area contributed by atoms with Gasteiger partial charge in [-0.25, -0.2) is 0 Å². The minimum Gasteiger partial charge on any atom is -0.495 e. The zero-order chi connectivity index (χ0) is 18.7. The first kappa shape index (κ1) is 17.9. The molecule has 1 aliphatic heterocycles. The summed E-state index contributed by atoms with van der Waals surface area (Å²) in [4.78, 5) is 12.6. The molecule has 7 heteroatoms. The first-order chi connectivity index (χ1) is 12.5. The Bertz CT molecular complexity index is 878. The van der Waals surface area contributed by atoms with E-state index in [2.05, 4.69) is 0 Å². The van der Waals surface area contributed by atoms with Gasteiger partial charge in [-0.05, 0) is 36.4 Å². The number of carbonyl (C=O) groups is 1. The summed E-state index contributed by atoms with van der Waals surface area (Å²) in [5, 5.41) is 0.0181. The Labute approximate surface area is 156 Å². The van der Waals surface area contributed by atoms with E-state index in [4.69, 9.17) is 36.3 Å². The number of fused-ring (bicyclic) bond motifs is 1. The van der Waals surface area contributed by atoms with E-state index in [1.807, 2.05) is 0 Å². The van der Waals surface area contributed by atoms with Gasteiger partial charge in [0, 0.05) is 11.1 Å². The summed E-state index contributed by atoms with van der Waals surface area (Å²) in [6.07, 6.45) is 1.53. The Hall–Kier alpha value is -2.86. The summed E-state index contributed by atoms with van der Waals surface area (Å²) >= 11 is 6.25. The van der Waals surface area contributed by atoms with Crippen LogP contribution in [-0.4, -0.2) is 33.2 Å². The first-order valence-electron chi connectivity index (χ1n) is 7.87. The highest BCUT2D eigenvalue weighted by Crippen LogP contribution is 2.42. The van der Waals surface area contributed by atoms with Crippen LogP contribution >= 0.6 is 11.6 Å². The third-order valence-electron chi connectivity index (χ3n) is 3.89. The van der Waals surface area contributed by atoms with Crippen LogP contribution in [0, 0.1) is 0 Å². The van der Waals surface area contributed by atoms with Crippen LogP contribution in [0.4, 0.5) is 5.69 Å². The van der Waals surface area contributed by atoms with Gasteiger partial charge in [0.2, 0.25) is 11.5 Å². The number of rotatable bonds is 5. The normalized spacial score (nSPS) is 13.3. The lowest BCUT2D eigenvalue weighted by Crippen LogP contribution is -2.16. The second kappa shape index (κ2) is 7.58. The number of carbonyl (C=O) groups excluding carboxylic acids is 1. The van der Waals surface area contributed by atoms with E-state index in [0.717, 1.165) is 0 Å². The molecule has 2 N–H and O–H groups in total. The van der Waals surface area contributed by atoms with E-state index in [1.54, 1.807) is 24.3 Å². The van der Waals surface area contributed by atoms with Crippen LogP contribution in [0.25, 0.3) is 6.08 Å². The Kier molecular flexibility index (Phi) is 5.23. The summed E-state index contributed by atoms with van der Waals surface area (Å²) in [6, 6.07) is 8.26. The molecule has 0 saturated heterocycles. The number of anilines is 1. The highest BCUT2D eigenvalue weighted by atomic mass is 35.5. The van der Waals surface area contributed by atoms with Gasteiger partial charge >= 0.3 is 0 Å². The fourth-order valence-corrected chi connectivity index (χ4v) is 2.87. The Morgan fingerprint density at radius 3 is 2.62 bits per heavy atom. The lowest BCUT2D eigenvalue weighted by Gasteiger charge is -2.21. The molecule has 3 rings (SSSR count). The van der Waals surface area contributed by atoms with Gasteiger partial charge < -0.3 is 24.7 Å². The van der Waals surface area contributed by atoms with Crippen molar-refractivity contribution in [3.05, 3.63) is 46.5 Å². The first-order valence-corrected chi connectivity index (χ1v) is 8.25. The zero-order valence-electron chi connectivity index (χ0n) is 14.4. The van der Waals surface area contributed by atoms with Crippen molar-refractivity contribution in [1.29, 1.82) is 0 Å². The molecule has 0 bridgehead atoms. The van der Waals surface area contributed by atoms with Crippen LogP contribution in [-0.2, 0) is 0 Å². The highest BCUT2D eigenvalue weighted by Gasteiger charge is 2.20. The van der Waals surface area contributed by atoms with Crippen molar-refractivity contribution in [2.24, 2.45) is 0 Å². The molecule has 2 aromatic rings. The van der Waals surface area contributed by atoms with Gasteiger partial charge in [0.25, 0.3) is 0 Å². The molecule has 0 saturated carbocycles. The van der Waals surface area contributed by atoms with Crippen molar-refractivity contribution >= 4 is 29.1 Å². The molecule has 26 heavy (non-hydrogen) atoms. The van der Waals surface area contributed by atoms with E-state index >= 15 is 0 Å². The van der Waals surface area contributed by atoms with E-state index in [9.17, 15) is 4.79 Å². The molecule has 0 amide bonds. The molecule has 0 atom stereocenters. The Balaban J connectivity index is 1.94.